The zero-order valence-electron chi connectivity index (χ0n) is 14.8. The molecule has 0 fully saturated rings. The number of rotatable bonds is 9. The van der Waals surface area contributed by atoms with Gasteiger partial charge in [-0.1, -0.05) is 27.7 Å². The third-order valence-electron chi connectivity index (χ3n) is 3.80. The van der Waals surface area contributed by atoms with Gasteiger partial charge in [0.05, 0.1) is 0 Å². The van der Waals surface area contributed by atoms with Crippen molar-refractivity contribution in [3.05, 3.63) is 0 Å². The van der Waals surface area contributed by atoms with E-state index in [1.165, 1.54) is 0 Å². The Labute approximate surface area is 125 Å². The largest absolute Gasteiger partial charge is 0.342 e. The van der Waals surface area contributed by atoms with Crippen molar-refractivity contribution in [3.63, 3.8) is 0 Å². The number of nitrogens with zero attached hydrogens (tertiary/aromatic N) is 1. The van der Waals surface area contributed by atoms with Crippen molar-refractivity contribution in [2.24, 2.45) is 10.8 Å². The van der Waals surface area contributed by atoms with Crippen LogP contribution in [0.15, 0.2) is 0 Å². The predicted molar refractivity (Wildman–Crippen MR) is 86.9 cm³/mol. The lowest BCUT2D eigenvalue weighted by Gasteiger charge is -2.36. The molecule has 0 bridgehead atoms. The molecule has 0 aromatic carbocycles. The SMILES string of the molecule is CNCC(C)N(C)C(=O)CC(C)(C)CC(C)(C)CNC. The first kappa shape index (κ1) is 19.4. The van der Waals surface area contributed by atoms with Crippen LogP contribution in [-0.2, 0) is 4.79 Å². The molecule has 0 radical (unpaired) electrons. The zero-order chi connectivity index (χ0) is 16.0. The van der Waals surface area contributed by atoms with Crippen LogP contribution in [-0.4, -0.2) is 51.1 Å². The fourth-order valence-corrected chi connectivity index (χ4v) is 3.11. The van der Waals surface area contributed by atoms with Crippen molar-refractivity contribution in [3.8, 4) is 0 Å². The third kappa shape index (κ3) is 7.25. The molecule has 0 saturated carbocycles. The van der Waals surface area contributed by atoms with Crippen LogP contribution in [0.1, 0.15) is 47.5 Å². The smallest absolute Gasteiger partial charge is 0.223 e. The minimum absolute atomic E-state index is 0.0189. The number of nitrogens with one attached hydrogen (secondary N) is 2. The molecule has 0 aliphatic rings. The van der Waals surface area contributed by atoms with Gasteiger partial charge in [0.25, 0.3) is 0 Å². The molecule has 0 spiro atoms. The van der Waals surface area contributed by atoms with Gasteiger partial charge in [-0.3, -0.25) is 4.79 Å². The summed E-state index contributed by atoms with van der Waals surface area (Å²) in [4.78, 5) is 14.3. The number of carbonyl (C=O) groups excluding carboxylic acids is 1. The van der Waals surface area contributed by atoms with Gasteiger partial charge in [0, 0.05) is 26.1 Å². The van der Waals surface area contributed by atoms with Crippen LogP contribution < -0.4 is 10.6 Å². The first-order chi connectivity index (χ1) is 9.04. The summed E-state index contributed by atoms with van der Waals surface area (Å²) in [6, 6.07) is 0.230. The molecule has 0 aromatic rings. The van der Waals surface area contributed by atoms with Crippen LogP contribution in [0.4, 0.5) is 0 Å². The van der Waals surface area contributed by atoms with Crippen molar-refractivity contribution in [1.82, 2.24) is 15.5 Å². The second kappa shape index (κ2) is 7.99. The van der Waals surface area contributed by atoms with Crippen LogP contribution in [0.2, 0.25) is 0 Å². The molecule has 4 heteroatoms. The summed E-state index contributed by atoms with van der Waals surface area (Å²) >= 11 is 0. The summed E-state index contributed by atoms with van der Waals surface area (Å²) in [5, 5.41) is 6.36. The highest BCUT2D eigenvalue weighted by Gasteiger charge is 2.31. The van der Waals surface area contributed by atoms with E-state index in [1.807, 2.05) is 26.0 Å². The van der Waals surface area contributed by atoms with E-state index in [2.05, 4.69) is 45.3 Å². The Morgan fingerprint density at radius 3 is 2.10 bits per heavy atom. The molecule has 120 valence electrons. The zero-order valence-corrected chi connectivity index (χ0v) is 14.8. The lowest BCUT2D eigenvalue weighted by Crippen LogP contribution is -2.43. The highest BCUT2D eigenvalue weighted by atomic mass is 16.2. The quantitative estimate of drug-likeness (QED) is 0.682. The number of likely N-dealkylation sites (N-methyl/N-ethyl adjacent to an activating group) is 2. The van der Waals surface area contributed by atoms with Crippen molar-refractivity contribution >= 4 is 5.91 Å². The van der Waals surface area contributed by atoms with Gasteiger partial charge < -0.3 is 15.5 Å². The second-order valence-electron chi connectivity index (χ2n) is 7.62. The monoisotopic (exact) mass is 285 g/mol. The number of hydrogen-bond acceptors (Lipinski definition) is 3. The Morgan fingerprint density at radius 1 is 1.10 bits per heavy atom. The van der Waals surface area contributed by atoms with Gasteiger partial charge in [-0.15, -0.1) is 0 Å². The molecular weight excluding hydrogens is 250 g/mol. The Balaban J connectivity index is 4.55. The Morgan fingerprint density at radius 2 is 1.65 bits per heavy atom. The molecule has 0 aromatic heterocycles. The highest BCUT2D eigenvalue weighted by Crippen LogP contribution is 2.36. The van der Waals surface area contributed by atoms with Gasteiger partial charge in [-0.2, -0.15) is 0 Å². The molecule has 2 N–H and O–H groups in total. The lowest BCUT2D eigenvalue weighted by molar-refractivity contribution is -0.134. The fourth-order valence-electron chi connectivity index (χ4n) is 3.11. The molecule has 1 amide bonds. The summed E-state index contributed by atoms with van der Waals surface area (Å²) < 4.78 is 0. The highest BCUT2D eigenvalue weighted by molar-refractivity contribution is 5.76. The second-order valence-corrected chi connectivity index (χ2v) is 7.62. The van der Waals surface area contributed by atoms with Gasteiger partial charge in [-0.05, 0) is 44.8 Å². The van der Waals surface area contributed by atoms with E-state index < -0.39 is 0 Å². The van der Waals surface area contributed by atoms with Gasteiger partial charge in [0.2, 0.25) is 5.91 Å². The average molecular weight is 285 g/mol. The van der Waals surface area contributed by atoms with Crippen LogP contribution in [0, 0.1) is 10.8 Å². The molecule has 0 rings (SSSR count). The summed E-state index contributed by atoms with van der Waals surface area (Å²) in [7, 11) is 5.80. The summed E-state index contributed by atoms with van der Waals surface area (Å²) in [5.41, 5.74) is 0.221. The topological polar surface area (TPSA) is 44.4 Å². The number of amides is 1. The van der Waals surface area contributed by atoms with Crippen molar-refractivity contribution in [1.29, 1.82) is 0 Å². The normalized spacial score (nSPS) is 14.2. The molecule has 20 heavy (non-hydrogen) atoms. The summed E-state index contributed by atoms with van der Waals surface area (Å²) in [6.45, 7) is 12.8. The first-order valence-electron chi connectivity index (χ1n) is 7.59. The molecule has 0 heterocycles. The van der Waals surface area contributed by atoms with Crippen molar-refractivity contribution < 1.29 is 4.79 Å². The molecule has 4 nitrogen and oxygen atoms in total. The minimum Gasteiger partial charge on any atom is -0.342 e. The van der Waals surface area contributed by atoms with Gasteiger partial charge in [0.1, 0.15) is 0 Å². The molecule has 0 aliphatic carbocycles. The standard InChI is InChI=1S/C16H35N3O/c1-13(10-17-6)19(8)14(20)9-15(2,3)11-16(4,5)12-18-7/h13,17-18H,9-12H2,1-8H3. The molecule has 1 atom stereocenters. The number of hydrogen-bond donors (Lipinski definition) is 2. The summed E-state index contributed by atoms with van der Waals surface area (Å²) in [5.74, 6) is 0.234. The van der Waals surface area contributed by atoms with E-state index in [-0.39, 0.29) is 22.8 Å². The number of carbonyl (C=O) groups is 1. The van der Waals surface area contributed by atoms with Gasteiger partial charge in [0.15, 0.2) is 0 Å². The Kier molecular flexibility index (Phi) is 7.74. The van der Waals surface area contributed by atoms with E-state index in [9.17, 15) is 4.79 Å². The van der Waals surface area contributed by atoms with Crippen LogP contribution >= 0.6 is 0 Å². The Hall–Kier alpha value is -0.610. The minimum atomic E-state index is 0.0189. The van der Waals surface area contributed by atoms with Gasteiger partial charge in [-0.25, -0.2) is 0 Å². The third-order valence-corrected chi connectivity index (χ3v) is 3.80. The van der Waals surface area contributed by atoms with E-state index >= 15 is 0 Å². The predicted octanol–water partition coefficient (Wildman–Crippen LogP) is 2.10. The molecule has 0 saturated heterocycles. The lowest BCUT2D eigenvalue weighted by atomic mass is 9.73. The first-order valence-corrected chi connectivity index (χ1v) is 7.59. The maximum Gasteiger partial charge on any atom is 0.223 e. The van der Waals surface area contributed by atoms with Crippen LogP contribution in [0.3, 0.4) is 0 Å². The van der Waals surface area contributed by atoms with Gasteiger partial charge >= 0.3 is 0 Å². The molecule has 1 unspecified atom stereocenters. The Bertz CT molecular complexity index is 300. The molecular formula is C16H35N3O. The van der Waals surface area contributed by atoms with E-state index in [4.69, 9.17) is 0 Å². The maximum absolute atomic E-state index is 12.4. The van der Waals surface area contributed by atoms with E-state index in [0.29, 0.717) is 6.42 Å². The van der Waals surface area contributed by atoms with E-state index in [1.54, 1.807) is 0 Å². The molecule has 0 aliphatic heterocycles. The van der Waals surface area contributed by atoms with E-state index in [0.717, 1.165) is 19.5 Å². The van der Waals surface area contributed by atoms with Crippen LogP contribution in [0.5, 0.6) is 0 Å². The van der Waals surface area contributed by atoms with Crippen molar-refractivity contribution in [2.75, 3.05) is 34.2 Å². The summed E-state index contributed by atoms with van der Waals surface area (Å²) in [6.07, 6.45) is 1.63. The average Bonchev–Trinajstić information content (AvgIpc) is 2.25. The van der Waals surface area contributed by atoms with Crippen LogP contribution in [0.25, 0.3) is 0 Å². The fraction of sp³-hybridized carbons (Fsp3) is 0.938. The van der Waals surface area contributed by atoms with Crippen molar-refractivity contribution in [2.45, 2.75) is 53.5 Å². The maximum atomic E-state index is 12.4.